The second kappa shape index (κ2) is 8.60. The van der Waals surface area contributed by atoms with Crippen molar-refractivity contribution in [3.05, 3.63) is 12.7 Å². The number of aromatic nitrogens is 4. The lowest BCUT2D eigenvalue weighted by molar-refractivity contribution is -0.0435. The van der Waals surface area contributed by atoms with Gasteiger partial charge in [-0.1, -0.05) is 0 Å². The fourth-order valence-electron chi connectivity index (χ4n) is 3.53. The van der Waals surface area contributed by atoms with Crippen LogP contribution in [0.4, 0.5) is 5.82 Å². The zero-order valence-electron chi connectivity index (χ0n) is 16.2. The Morgan fingerprint density at radius 3 is 2.48 bits per heavy atom. The summed E-state index contributed by atoms with van der Waals surface area (Å²) in [6.45, 7) is -0.784. The summed E-state index contributed by atoms with van der Waals surface area (Å²) in [5.74, 6) is 0.834. The molecule has 2 unspecified atom stereocenters. The van der Waals surface area contributed by atoms with Gasteiger partial charge in [0.25, 0.3) is 0 Å². The van der Waals surface area contributed by atoms with Crippen LogP contribution in [-0.2, 0) is 31.6 Å². The number of rotatable bonds is 8. The molecule has 2 aliphatic heterocycles. The second-order valence-electron chi connectivity index (χ2n) is 6.99. The van der Waals surface area contributed by atoms with Crippen LogP contribution in [-0.4, -0.2) is 73.5 Å². The van der Waals surface area contributed by atoms with E-state index in [1.54, 1.807) is 0 Å². The number of anilines is 1. The largest absolute Gasteiger partial charge is 0.490 e. The van der Waals surface area contributed by atoms with Crippen LogP contribution >= 0.6 is 35.2 Å². The maximum atomic E-state index is 12.0. The van der Waals surface area contributed by atoms with Crippen molar-refractivity contribution in [3.63, 3.8) is 0 Å². The molecule has 0 aromatic carbocycles. The highest BCUT2D eigenvalue weighted by atomic mass is 32.2. The third-order valence-electron chi connectivity index (χ3n) is 4.90. The van der Waals surface area contributed by atoms with Gasteiger partial charge in [-0.15, -0.1) is 11.8 Å². The molecule has 4 heterocycles. The van der Waals surface area contributed by atoms with Gasteiger partial charge in [0, 0.05) is 0 Å². The van der Waals surface area contributed by atoms with Crippen molar-refractivity contribution in [2.24, 2.45) is 0 Å². The van der Waals surface area contributed by atoms with E-state index in [0.29, 0.717) is 23.3 Å². The number of nitrogen functional groups attached to an aromatic ring is 1. The molecule has 17 nitrogen and oxygen atoms in total. The number of thioether (sulfide) groups is 1. The lowest BCUT2D eigenvalue weighted by atomic mass is 9.94. The third kappa shape index (κ3) is 5.04. The number of nitrogens with zero attached hydrogens (tertiary/aromatic N) is 4. The summed E-state index contributed by atoms with van der Waals surface area (Å²) < 4.78 is 52.7. The Kier molecular flexibility index (Phi) is 6.55. The summed E-state index contributed by atoms with van der Waals surface area (Å²) >= 11 is 1.39. The Hall–Kier alpha value is -0.970. The first-order chi connectivity index (χ1) is 15.2. The maximum Gasteiger partial charge on any atom is 0.490 e. The number of fused-ring (bicyclic) bond motifs is 1. The van der Waals surface area contributed by atoms with Gasteiger partial charge in [0.2, 0.25) is 0 Å². The average Bonchev–Trinajstić information content (AvgIpc) is 3.16. The molecule has 33 heavy (non-hydrogen) atoms. The fraction of sp³-hybridized carbons (Fsp3) is 0.583. The molecule has 7 N–H and O–H groups in total. The molecule has 0 amide bonds. The summed E-state index contributed by atoms with van der Waals surface area (Å²) in [6.07, 6.45) is -0.114. The van der Waals surface area contributed by atoms with Gasteiger partial charge < -0.3 is 35.2 Å². The van der Waals surface area contributed by atoms with E-state index >= 15 is 0 Å². The first kappa shape index (κ1) is 25.1. The minimum Gasteiger partial charge on any atom is -0.389 e. The predicted octanol–water partition coefficient (Wildman–Crippen LogP) is -0.114. The Morgan fingerprint density at radius 2 is 1.88 bits per heavy atom. The van der Waals surface area contributed by atoms with Gasteiger partial charge in [0.1, 0.15) is 24.1 Å². The van der Waals surface area contributed by atoms with Crippen LogP contribution in [0.1, 0.15) is 12.6 Å². The normalized spacial score (nSPS) is 31.4. The minimum atomic E-state index is -5.66. The van der Waals surface area contributed by atoms with E-state index in [1.165, 1.54) is 29.0 Å². The second-order valence-corrected chi connectivity index (χ2v) is 12.9. The predicted molar refractivity (Wildman–Crippen MR) is 109 cm³/mol. The molecule has 2 fully saturated rings. The van der Waals surface area contributed by atoms with Crippen molar-refractivity contribution >= 4 is 52.2 Å². The van der Waals surface area contributed by atoms with Gasteiger partial charge in [-0.05, 0) is 12.2 Å². The van der Waals surface area contributed by atoms with Crippen molar-refractivity contribution in [2.75, 3.05) is 18.1 Å². The Balaban J connectivity index is 1.51. The van der Waals surface area contributed by atoms with Gasteiger partial charge in [0.15, 0.2) is 17.7 Å². The zero-order valence-corrected chi connectivity index (χ0v) is 19.7. The SMILES string of the molecule is Nc1ncnc2c1ncn2[C@@H]1O[C@H](COP(=O)(O)OP(=O)(O)OP(=O)(O)O)[C@@H](O)[C@]12CCS2. The minimum absolute atomic E-state index is 0.136. The molecule has 4 rings (SSSR count). The highest BCUT2D eigenvalue weighted by molar-refractivity contribution is 8.02. The average molecular weight is 549 g/mol. The molecule has 2 aromatic rings. The third-order valence-corrected chi connectivity index (χ3v) is 10.3. The van der Waals surface area contributed by atoms with Crippen molar-refractivity contribution in [1.29, 1.82) is 0 Å². The molecule has 21 heteroatoms. The summed E-state index contributed by atoms with van der Waals surface area (Å²) in [6, 6.07) is 0. The smallest absolute Gasteiger partial charge is 0.389 e. The van der Waals surface area contributed by atoms with Gasteiger partial charge >= 0.3 is 23.5 Å². The van der Waals surface area contributed by atoms with E-state index in [9.17, 15) is 28.6 Å². The molecule has 0 aliphatic carbocycles. The van der Waals surface area contributed by atoms with Gasteiger partial charge in [-0.2, -0.15) is 8.62 Å². The Labute approximate surface area is 188 Å². The van der Waals surface area contributed by atoms with Crippen LogP contribution in [0.5, 0.6) is 0 Å². The fourth-order valence-corrected chi connectivity index (χ4v) is 7.87. The highest BCUT2D eigenvalue weighted by Gasteiger charge is 2.61. The van der Waals surface area contributed by atoms with E-state index < -0.39 is 53.3 Å². The zero-order chi connectivity index (χ0) is 24.2. The summed E-state index contributed by atoms with van der Waals surface area (Å²) in [7, 11) is -16.6. The van der Waals surface area contributed by atoms with Crippen LogP contribution in [0.25, 0.3) is 11.2 Å². The van der Waals surface area contributed by atoms with Gasteiger partial charge in [-0.3, -0.25) is 9.09 Å². The van der Waals surface area contributed by atoms with Crippen molar-refractivity contribution < 1.29 is 56.3 Å². The van der Waals surface area contributed by atoms with Gasteiger partial charge in [0.05, 0.1) is 17.7 Å². The molecule has 0 radical (unpaired) electrons. The van der Waals surface area contributed by atoms with Crippen LogP contribution in [0.2, 0.25) is 0 Å². The number of ether oxygens (including phenoxy) is 1. The number of nitrogens with two attached hydrogens (primary N) is 1. The molecular formula is C12H18N5O12P3S. The number of hydrogen-bond acceptors (Lipinski definition) is 13. The first-order valence-electron chi connectivity index (χ1n) is 8.92. The number of imidazole rings is 1. The van der Waals surface area contributed by atoms with E-state index in [0.717, 1.165) is 0 Å². The summed E-state index contributed by atoms with van der Waals surface area (Å²) in [4.78, 5) is 48.2. The molecule has 1 spiro atoms. The van der Waals surface area contributed by atoms with Crippen LogP contribution in [0.15, 0.2) is 12.7 Å². The molecule has 0 bridgehead atoms. The van der Waals surface area contributed by atoms with Crippen molar-refractivity contribution in [1.82, 2.24) is 19.5 Å². The van der Waals surface area contributed by atoms with Crippen LogP contribution in [0, 0.1) is 0 Å². The number of hydrogen-bond donors (Lipinski definition) is 6. The molecule has 6 atom stereocenters. The van der Waals surface area contributed by atoms with Crippen molar-refractivity contribution in [3.8, 4) is 0 Å². The summed E-state index contributed by atoms with van der Waals surface area (Å²) in [5, 5.41) is 10.9. The monoisotopic (exact) mass is 549 g/mol. The van der Waals surface area contributed by atoms with Crippen LogP contribution in [0.3, 0.4) is 0 Å². The lowest BCUT2D eigenvalue weighted by Crippen LogP contribution is -2.50. The molecule has 0 saturated carbocycles. The molecule has 184 valence electrons. The molecule has 2 saturated heterocycles. The topological polar surface area (TPSA) is 259 Å². The number of aliphatic hydroxyl groups excluding tert-OH is 1. The Bertz CT molecular complexity index is 1200. The molecule has 2 aromatic heterocycles. The molecule has 2 aliphatic rings. The first-order valence-corrected chi connectivity index (χ1v) is 14.4. The summed E-state index contributed by atoms with van der Waals surface area (Å²) in [5.41, 5.74) is 6.45. The van der Waals surface area contributed by atoms with E-state index in [4.69, 9.17) is 20.3 Å². The number of phosphoric acid groups is 3. The van der Waals surface area contributed by atoms with E-state index in [-0.39, 0.29) is 5.82 Å². The number of aliphatic hydroxyl groups is 1. The maximum absolute atomic E-state index is 12.0. The van der Waals surface area contributed by atoms with Gasteiger partial charge in [-0.25, -0.2) is 28.6 Å². The Morgan fingerprint density at radius 1 is 1.18 bits per heavy atom. The lowest BCUT2D eigenvalue weighted by Gasteiger charge is -2.43. The van der Waals surface area contributed by atoms with Crippen LogP contribution < -0.4 is 5.73 Å². The van der Waals surface area contributed by atoms with E-state index in [2.05, 4.69) is 28.1 Å². The number of phosphoric ester groups is 1. The molecular weight excluding hydrogens is 531 g/mol. The highest BCUT2D eigenvalue weighted by Crippen LogP contribution is 2.66. The van der Waals surface area contributed by atoms with Crippen molar-refractivity contribution in [2.45, 2.75) is 29.6 Å². The van der Waals surface area contributed by atoms with E-state index in [1.807, 2.05) is 0 Å². The standard InChI is InChI=1S/C12H18N5O12P3S/c13-9-7-10(15-4-14-9)17(5-16-7)11-12(1-2-33-12)8(18)6(27-11)3-26-31(22,23)29-32(24,25)28-30(19,20)21/h4-6,8,11,18H,1-3H2,(H,22,23)(H,24,25)(H2,13,14,15)(H2,19,20,21)/t6-,8-,11-,12-/m1/s1. The quantitative estimate of drug-likeness (QED) is 0.235.